The Kier molecular flexibility index (Phi) is 3.78. The molecule has 5 nitrogen and oxygen atoms in total. The highest BCUT2D eigenvalue weighted by Gasteiger charge is 2.19. The van der Waals surface area contributed by atoms with Gasteiger partial charge in [0.2, 0.25) is 5.91 Å². The van der Waals surface area contributed by atoms with Gasteiger partial charge >= 0.3 is 0 Å². The Morgan fingerprint density at radius 2 is 2.35 bits per heavy atom. The van der Waals surface area contributed by atoms with Gasteiger partial charge in [-0.05, 0) is 36.7 Å². The molecule has 1 aromatic carbocycles. The van der Waals surface area contributed by atoms with E-state index in [0.29, 0.717) is 12.3 Å². The number of amides is 1. The Hall–Kier alpha value is -2.14. The molecule has 5 heteroatoms. The summed E-state index contributed by atoms with van der Waals surface area (Å²) >= 11 is 0. The van der Waals surface area contributed by atoms with Crippen molar-refractivity contribution in [2.24, 2.45) is 5.92 Å². The molecule has 0 saturated carbocycles. The molecule has 0 aliphatic carbocycles. The maximum absolute atomic E-state index is 11.9. The fourth-order valence-electron chi connectivity index (χ4n) is 2.31. The molecule has 1 amide bonds. The van der Waals surface area contributed by atoms with Crippen molar-refractivity contribution in [1.29, 1.82) is 0 Å². The van der Waals surface area contributed by atoms with E-state index in [-0.39, 0.29) is 5.91 Å². The predicted molar refractivity (Wildman–Crippen MR) is 77.4 cm³/mol. The summed E-state index contributed by atoms with van der Waals surface area (Å²) in [5.41, 5.74) is 2.01. The first-order valence-electron chi connectivity index (χ1n) is 6.85. The van der Waals surface area contributed by atoms with Crippen LogP contribution in [0.2, 0.25) is 0 Å². The van der Waals surface area contributed by atoms with Gasteiger partial charge in [0.05, 0.1) is 6.33 Å². The summed E-state index contributed by atoms with van der Waals surface area (Å²) in [5, 5.41) is 6.15. The highest BCUT2D eigenvalue weighted by Crippen LogP contribution is 2.14. The molecule has 104 valence electrons. The monoisotopic (exact) mass is 270 g/mol. The quantitative estimate of drug-likeness (QED) is 0.865. The van der Waals surface area contributed by atoms with Crippen LogP contribution in [-0.4, -0.2) is 28.5 Å². The zero-order chi connectivity index (χ0) is 13.8. The summed E-state index contributed by atoms with van der Waals surface area (Å²) in [6.45, 7) is 2.67. The third kappa shape index (κ3) is 3.24. The molecule has 0 atom stereocenters. The van der Waals surface area contributed by atoms with E-state index in [4.69, 9.17) is 0 Å². The van der Waals surface area contributed by atoms with Gasteiger partial charge in [-0.25, -0.2) is 4.98 Å². The van der Waals surface area contributed by atoms with E-state index < -0.39 is 0 Å². The van der Waals surface area contributed by atoms with Crippen LogP contribution in [-0.2, 0) is 11.3 Å². The van der Waals surface area contributed by atoms with Crippen molar-refractivity contribution in [2.75, 3.05) is 18.4 Å². The fourth-order valence-corrected chi connectivity index (χ4v) is 2.31. The van der Waals surface area contributed by atoms with Crippen molar-refractivity contribution in [3.63, 3.8) is 0 Å². The lowest BCUT2D eigenvalue weighted by atomic mass is 9.99. The number of aromatic nitrogens is 2. The predicted octanol–water partition coefficient (Wildman–Crippen LogP) is 1.48. The van der Waals surface area contributed by atoms with E-state index in [9.17, 15) is 4.79 Å². The standard InChI is InChI=1S/C15H18N4O/c20-15(7-13-8-17-9-13)18-14-3-1-2-12(6-14)10-19-5-4-16-11-19/h1-6,11,13,17H,7-10H2,(H,18,20). The lowest BCUT2D eigenvalue weighted by Crippen LogP contribution is -2.43. The van der Waals surface area contributed by atoms with Crippen LogP contribution in [0.4, 0.5) is 5.69 Å². The second-order valence-electron chi connectivity index (χ2n) is 5.21. The Morgan fingerprint density at radius 1 is 1.45 bits per heavy atom. The second-order valence-corrected chi connectivity index (χ2v) is 5.21. The van der Waals surface area contributed by atoms with E-state index in [1.807, 2.05) is 35.0 Å². The Labute approximate surface area is 118 Å². The van der Waals surface area contributed by atoms with Crippen LogP contribution in [0.15, 0.2) is 43.0 Å². The zero-order valence-electron chi connectivity index (χ0n) is 11.2. The maximum atomic E-state index is 11.9. The molecular formula is C15H18N4O. The number of anilines is 1. The minimum atomic E-state index is 0.0938. The van der Waals surface area contributed by atoms with Gasteiger partial charge in [0.25, 0.3) is 0 Å². The van der Waals surface area contributed by atoms with Crippen molar-refractivity contribution in [1.82, 2.24) is 14.9 Å². The SMILES string of the molecule is O=C(CC1CNC1)Nc1cccc(Cn2ccnc2)c1. The summed E-state index contributed by atoms with van der Waals surface area (Å²) in [6, 6.07) is 7.95. The molecule has 0 radical (unpaired) electrons. The average molecular weight is 270 g/mol. The van der Waals surface area contributed by atoms with Crippen molar-refractivity contribution >= 4 is 11.6 Å². The maximum Gasteiger partial charge on any atom is 0.224 e. The number of benzene rings is 1. The van der Waals surface area contributed by atoms with Gasteiger partial charge in [0.15, 0.2) is 0 Å². The zero-order valence-corrected chi connectivity index (χ0v) is 11.2. The molecule has 1 aliphatic rings. The molecule has 20 heavy (non-hydrogen) atoms. The number of imidazole rings is 1. The van der Waals surface area contributed by atoms with Gasteiger partial charge in [-0.3, -0.25) is 4.79 Å². The molecule has 2 N–H and O–H groups in total. The van der Waals surface area contributed by atoms with Crippen LogP contribution >= 0.6 is 0 Å². The molecule has 1 aliphatic heterocycles. The molecular weight excluding hydrogens is 252 g/mol. The van der Waals surface area contributed by atoms with Gasteiger partial charge in [-0.1, -0.05) is 12.1 Å². The van der Waals surface area contributed by atoms with E-state index in [0.717, 1.165) is 30.9 Å². The summed E-state index contributed by atoms with van der Waals surface area (Å²) in [7, 11) is 0. The molecule has 0 spiro atoms. The Balaban J connectivity index is 1.60. The minimum Gasteiger partial charge on any atom is -0.333 e. The van der Waals surface area contributed by atoms with E-state index in [1.165, 1.54) is 0 Å². The summed E-state index contributed by atoms with van der Waals surface area (Å²) in [6.07, 6.45) is 6.07. The number of nitrogens with one attached hydrogen (secondary N) is 2. The topological polar surface area (TPSA) is 59.0 Å². The lowest BCUT2D eigenvalue weighted by Gasteiger charge is -2.26. The first-order chi connectivity index (χ1) is 9.79. The highest BCUT2D eigenvalue weighted by atomic mass is 16.1. The van der Waals surface area contributed by atoms with E-state index >= 15 is 0 Å². The number of nitrogens with zero attached hydrogens (tertiary/aromatic N) is 2. The molecule has 1 aromatic heterocycles. The van der Waals surface area contributed by atoms with Crippen molar-refractivity contribution in [3.05, 3.63) is 48.5 Å². The number of hydrogen-bond donors (Lipinski definition) is 2. The molecule has 2 aromatic rings. The van der Waals surface area contributed by atoms with Crippen molar-refractivity contribution < 1.29 is 4.79 Å². The highest BCUT2D eigenvalue weighted by molar-refractivity contribution is 5.91. The van der Waals surface area contributed by atoms with Gasteiger partial charge in [0.1, 0.15) is 0 Å². The number of rotatable bonds is 5. The molecule has 1 fully saturated rings. The van der Waals surface area contributed by atoms with E-state index in [1.54, 1.807) is 12.5 Å². The van der Waals surface area contributed by atoms with Crippen LogP contribution in [0.1, 0.15) is 12.0 Å². The van der Waals surface area contributed by atoms with Gasteiger partial charge < -0.3 is 15.2 Å². The van der Waals surface area contributed by atoms with Gasteiger partial charge in [-0.15, -0.1) is 0 Å². The van der Waals surface area contributed by atoms with E-state index in [2.05, 4.69) is 15.6 Å². The molecule has 0 bridgehead atoms. The second kappa shape index (κ2) is 5.88. The molecule has 3 rings (SSSR count). The van der Waals surface area contributed by atoms with Crippen molar-refractivity contribution in [3.8, 4) is 0 Å². The number of hydrogen-bond acceptors (Lipinski definition) is 3. The van der Waals surface area contributed by atoms with Crippen LogP contribution in [0.3, 0.4) is 0 Å². The Bertz CT molecular complexity index is 575. The third-order valence-electron chi connectivity index (χ3n) is 3.48. The van der Waals surface area contributed by atoms with Crippen LogP contribution < -0.4 is 10.6 Å². The average Bonchev–Trinajstić information content (AvgIpc) is 2.87. The first-order valence-corrected chi connectivity index (χ1v) is 6.85. The summed E-state index contributed by atoms with van der Waals surface area (Å²) in [4.78, 5) is 15.9. The summed E-state index contributed by atoms with van der Waals surface area (Å²) < 4.78 is 2.00. The molecule has 0 unspecified atom stereocenters. The molecule has 2 heterocycles. The normalized spacial score (nSPS) is 14.8. The molecule has 1 saturated heterocycles. The number of carbonyl (C=O) groups excluding carboxylic acids is 1. The van der Waals surface area contributed by atoms with Crippen LogP contribution in [0, 0.1) is 5.92 Å². The largest absolute Gasteiger partial charge is 0.333 e. The van der Waals surface area contributed by atoms with Crippen molar-refractivity contribution in [2.45, 2.75) is 13.0 Å². The fraction of sp³-hybridized carbons (Fsp3) is 0.333. The van der Waals surface area contributed by atoms with Crippen LogP contribution in [0.25, 0.3) is 0 Å². The minimum absolute atomic E-state index is 0.0938. The third-order valence-corrected chi connectivity index (χ3v) is 3.48. The van der Waals surface area contributed by atoms with Gasteiger partial charge in [0, 0.05) is 31.0 Å². The first kappa shape index (κ1) is 12.9. The Morgan fingerprint density at radius 3 is 3.05 bits per heavy atom. The van der Waals surface area contributed by atoms with Gasteiger partial charge in [-0.2, -0.15) is 0 Å². The number of carbonyl (C=O) groups is 1. The summed E-state index contributed by atoms with van der Waals surface area (Å²) in [5.74, 6) is 0.584. The smallest absolute Gasteiger partial charge is 0.224 e. The lowest BCUT2D eigenvalue weighted by molar-refractivity contribution is -0.117. The van der Waals surface area contributed by atoms with Crippen LogP contribution in [0.5, 0.6) is 0 Å².